The molecule has 1 atom stereocenters. The van der Waals surface area contributed by atoms with E-state index in [1.54, 1.807) is 7.11 Å². The Bertz CT molecular complexity index is 919. The molecule has 3 aromatic rings. The number of rotatable bonds is 9. The number of ether oxygens (including phenoxy) is 1. The Morgan fingerprint density at radius 1 is 0.968 bits per heavy atom. The number of benzene rings is 2. The number of hydrogen-bond acceptors (Lipinski definition) is 6. The van der Waals surface area contributed by atoms with Crippen molar-refractivity contribution >= 4 is 5.69 Å². The molecule has 1 aliphatic rings. The van der Waals surface area contributed by atoms with Gasteiger partial charge in [-0.05, 0) is 46.7 Å². The Kier molecular flexibility index (Phi) is 7.14. The summed E-state index contributed by atoms with van der Waals surface area (Å²) >= 11 is 0. The topological polar surface area (TPSA) is 59.3 Å². The third-order valence-corrected chi connectivity index (χ3v) is 6.06. The van der Waals surface area contributed by atoms with Gasteiger partial charge < -0.3 is 9.64 Å². The minimum Gasteiger partial charge on any atom is -0.497 e. The van der Waals surface area contributed by atoms with Crippen molar-refractivity contribution in [3.8, 4) is 5.75 Å². The van der Waals surface area contributed by atoms with Gasteiger partial charge >= 0.3 is 0 Å². The molecule has 0 aliphatic carbocycles. The van der Waals surface area contributed by atoms with Crippen molar-refractivity contribution in [3.05, 3.63) is 66.0 Å². The van der Waals surface area contributed by atoms with Crippen LogP contribution in [0.3, 0.4) is 0 Å². The van der Waals surface area contributed by atoms with E-state index in [1.807, 2.05) is 16.8 Å². The third-order valence-electron chi connectivity index (χ3n) is 6.06. The summed E-state index contributed by atoms with van der Waals surface area (Å²) in [6.07, 6.45) is 3.41. The number of piperazine rings is 1. The Morgan fingerprint density at radius 3 is 2.39 bits per heavy atom. The van der Waals surface area contributed by atoms with E-state index in [2.05, 4.69) is 74.7 Å². The number of anilines is 1. The standard InChI is InChI=1S/C24H32N6O/c1-3-4-10-23(29-17-15-28(16-18-29)21-8-6-5-7-9-21)24-25-26-27-30(24)19-20-11-13-22(31-2)14-12-20/h5-9,11-14,23H,3-4,10,15-19H2,1-2H3/t23-/m1/s1. The number of tetrazole rings is 1. The van der Waals surface area contributed by atoms with Crippen LogP contribution in [0.4, 0.5) is 5.69 Å². The molecule has 0 saturated carbocycles. The summed E-state index contributed by atoms with van der Waals surface area (Å²) in [6.45, 7) is 6.97. The van der Waals surface area contributed by atoms with Gasteiger partial charge in [-0.2, -0.15) is 0 Å². The fourth-order valence-electron chi connectivity index (χ4n) is 4.27. The molecule has 0 N–H and O–H groups in total. The minimum atomic E-state index is 0.242. The first kappa shape index (κ1) is 21.3. The summed E-state index contributed by atoms with van der Waals surface area (Å²) in [5, 5.41) is 12.8. The molecule has 0 radical (unpaired) electrons. The molecule has 7 nitrogen and oxygen atoms in total. The van der Waals surface area contributed by atoms with Crippen LogP contribution in [-0.4, -0.2) is 58.4 Å². The summed E-state index contributed by atoms with van der Waals surface area (Å²) in [6, 6.07) is 19.0. The zero-order valence-electron chi connectivity index (χ0n) is 18.5. The number of methoxy groups -OCH3 is 1. The average Bonchev–Trinajstić information content (AvgIpc) is 3.28. The van der Waals surface area contributed by atoms with Crippen LogP contribution in [-0.2, 0) is 6.54 Å². The van der Waals surface area contributed by atoms with Gasteiger partial charge in [0.05, 0.1) is 19.7 Å². The van der Waals surface area contributed by atoms with E-state index in [-0.39, 0.29) is 6.04 Å². The molecule has 1 saturated heterocycles. The lowest BCUT2D eigenvalue weighted by Gasteiger charge is -2.39. The van der Waals surface area contributed by atoms with Gasteiger partial charge in [0, 0.05) is 31.9 Å². The number of aromatic nitrogens is 4. The minimum absolute atomic E-state index is 0.242. The first-order valence-electron chi connectivity index (χ1n) is 11.2. The quantitative estimate of drug-likeness (QED) is 0.525. The van der Waals surface area contributed by atoms with Crippen LogP contribution in [0.2, 0.25) is 0 Å². The van der Waals surface area contributed by atoms with E-state index >= 15 is 0 Å². The van der Waals surface area contributed by atoms with E-state index in [4.69, 9.17) is 4.74 Å². The van der Waals surface area contributed by atoms with Gasteiger partial charge in [-0.3, -0.25) is 4.90 Å². The predicted molar refractivity (Wildman–Crippen MR) is 122 cm³/mol. The average molecular weight is 421 g/mol. The highest BCUT2D eigenvalue weighted by Crippen LogP contribution is 2.27. The maximum absolute atomic E-state index is 5.27. The van der Waals surface area contributed by atoms with Crippen molar-refractivity contribution in [3.63, 3.8) is 0 Å². The number of nitrogens with zero attached hydrogens (tertiary/aromatic N) is 6. The molecule has 0 unspecified atom stereocenters. The Morgan fingerprint density at radius 2 is 1.71 bits per heavy atom. The van der Waals surface area contributed by atoms with Gasteiger partial charge in [0.1, 0.15) is 5.75 Å². The van der Waals surface area contributed by atoms with Crippen LogP contribution in [0.5, 0.6) is 5.75 Å². The SMILES string of the molecule is CCCC[C@H](c1nnnn1Cc1ccc(OC)cc1)N1CCN(c2ccccc2)CC1. The van der Waals surface area contributed by atoms with Crippen molar-refractivity contribution in [2.75, 3.05) is 38.2 Å². The van der Waals surface area contributed by atoms with Gasteiger partial charge in [-0.1, -0.05) is 50.1 Å². The van der Waals surface area contributed by atoms with Gasteiger partial charge in [0.2, 0.25) is 0 Å². The molecular formula is C24H32N6O. The maximum Gasteiger partial charge on any atom is 0.168 e. The molecule has 0 spiro atoms. The van der Waals surface area contributed by atoms with Crippen LogP contribution in [0.25, 0.3) is 0 Å². The first-order valence-corrected chi connectivity index (χ1v) is 11.2. The van der Waals surface area contributed by atoms with Gasteiger partial charge in [0.15, 0.2) is 5.82 Å². The number of hydrogen-bond donors (Lipinski definition) is 0. The van der Waals surface area contributed by atoms with Crippen molar-refractivity contribution in [2.24, 2.45) is 0 Å². The van der Waals surface area contributed by atoms with Crippen molar-refractivity contribution in [1.82, 2.24) is 25.1 Å². The summed E-state index contributed by atoms with van der Waals surface area (Å²) in [5.74, 6) is 1.83. The normalized spacial score (nSPS) is 15.7. The van der Waals surface area contributed by atoms with E-state index in [0.29, 0.717) is 6.54 Å². The second-order valence-electron chi connectivity index (χ2n) is 8.06. The smallest absolute Gasteiger partial charge is 0.168 e. The molecule has 0 bridgehead atoms. The number of para-hydroxylation sites is 1. The molecule has 0 amide bonds. The fraction of sp³-hybridized carbons (Fsp3) is 0.458. The molecule has 2 heterocycles. The summed E-state index contributed by atoms with van der Waals surface area (Å²) in [7, 11) is 1.68. The van der Waals surface area contributed by atoms with Crippen molar-refractivity contribution in [1.29, 1.82) is 0 Å². The molecule has 7 heteroatoms. The van der Waals surface area contributed by atoms with Gasteiger partial charge in [0.25, 0.3) is 0 Å². The summed E-state index contributed by atoms with van der Waals surface area (Å²) in [5.41, 5.74) is 2.47. The summed E-state index contributed by atoms with van der Waals surface area (Å²) < 4.78 is 7.24. The Hall–Kier alpha value is -2.93. The van der Waals surface area contributed by atoms with Gasteiger partial charge in [-0.25, -0.2) is 4.68 Å². The van der Waals surface area contributed by atoms with Crippen molar-refractivity contribution in [2.45, 2.75) is 38.8 Å². The molecule has 1 aliphatic heterocycles. The fourth-order valence-corrected chi connectivity index (χ4v) is 4.27. The van der Waals surface area contributed by atoms with Crippen molar-refractivity contribution < 1.29 is 4.74 Å². The molecule has 1 fully saturated rings. The van der Waals surface area contributed by atoms with E-state index < -0.39 is 0 Å². The molecule has 1 aromatic heterocycles. The highest BCUT2D eigenvalue weighted by Gasteiger charge is 2.28. The highest BCUT2D eigenvalue weighted by atomic mass is 16.5. The lowest BCUT2D eigenvalue weighted by molar-refractivity contribution is 0.163. The Labute approximate surface area is 184 Å². The van der Waals surface area contributed by atoms with Crippen LogP contribution in [0.1, 0.15) is 43.6 Å². The Balaban J connectivity index is 1.47. The van der Waals surface area contributed by atoms with Crippen LogP contribution < -0.4 is 9.64 Å². The molecule has 31 heavy (non-hydrogen) atoms. The molecule has 164 valence electrons. The lowest BCUT2D eigenvalue weighted by atomic mass is 10.1. The van der Waals surface area contributed by atoms with E-state index in [1.165, 1.54) is 18.5 Å². The zero-order chi connectivity index (χ0) is 21.5. The molecule has 2 aromatic carbocycles. The van der Waals surface area contributed by atoms with Crippen LogP contribution >= 0.6 is 0 Å². The predicted octanol–water partition coefficient (Wildman–Crippen LogP) is 3.78. The maximum atomic E-state index is 5.27. The second-order valence-corrected chi connectivity index (χ2v) is 8.06. The largest absolute Gasteiger partial charge is 0.497 e. The summed E-state index contributed by atoms with van der Waals surface area (Å²) in [4.78, 5) is 5.03. The number of unbranched alkanes of at least 4 members (excludes halogenated alkanes) is 1. The zero-order valence-corrected chi connectivity index (χ0v) is 18.5. The highest BCUT2D eigenvalue weighted by molar-refractivity contribution is 5.46. The van der Waals surface area contributed by atoms with E-state index in [0.717, 1.165) is 49.7 Å². The van der Waals surface area contributed by atoms with Crippen LogP contribution in [0, 0.1) is 0 Å². The molecular weight excluding hydrogens is 388 g/mol. The molecule has 4 rings (SSSR count). The monoisotopic (exact) mass is 420 g/mol. The second kappa shape index (κ2) is 10.4. The lowest BCUT2D eigenvalue weighted by Crippen LogP contribution is -2.48. The first-order chi connectivity index (χ1) is 15.3. The van der Waals surface area contributed by atoms with Gasteiger partial charge in [-0.15, -0.1) is 5.10 Å². The third kappa shape index (κ3) is 5.22. The van der Waals surface area contributed by atoms with E-state index in [9.17, 15) is 0 Å². The van der Waals surface area contributed by atoms with Crippen LogP contribution in [0.15, 0.2) is 54.6 Å².